The summed E-state index contributed by atoms with van der Waals surface area (Å²) < 4.78 is 2.37. The van der Waals surface area contributed by atoms with Crippen LogP contribution in [0, 0.1) is 0 Å². The fourth-order valence-corrected chi connectivity index (χ4v) is 2.92. The van der Waals surface area contributed by atoms with Crippen molar-refractivity contribution in [3.05, 3.63) is 41.5 Å². The minimum atomic E-state index is 0.415. The Kier molecular flexibility index (Phi) is 3.72. The summed E-state index contributed by atoms with van der Waals surface area (Å²) >= 11 is 0. The molecule has 0 aliphatic carbocycles. The maximum Gasteiger partial charge on any atom is 0.116 e. The number of nitrogens with one attached hydrogen (secondary N) is 1. The van der Waals surface area contributed by atoms with E-state index in [4.69, 9.17) is 4.98 Å². The minimum Gasteiger partial charge on any atom is -0.378 e. The molecule has 1 aromatic heterocycles. The molecule has 0 saturated carbocycles. The van der Waals surface area contributed by atoms with E-state index >= 15 is 0 Å². The maximum absolute atomic E-state index is 4.89. The molecule has 4 nitrogen and oxygen atoms in total. The molecule has 2 heterocycles. The molecule has 4 heteroatoms. The van der Waals surface area contributed by atoms with Gasteiger partial charge in [0.05, 0.1) is 5.69 Å². The first-order chi connectivity index (χ1) is 10.1. The predicted octanol–water partition coefficient (Wildman–Crippen LogP) is 2.71. The normalized spacial score (nSPS) is 14.3. The van der Waals surface area contributed by atoms with Gasteiger partial charge in [-0.3, -0.25) is 0 Å². The number of hydrogen-bond acceptors (Lipinski definition) is 3. The van der Waals surface area contributed by atoms with Crippen LogP contribution >= 0.6 is 0 Å². The van der Waals surface area contributed by atoms with Gasteiger partial charge in [-0.15, -0.1) is 0 Å². The fourth-order valence-electron chi connectivity index (χ4n) is 2.92. The number of nitrogens with zero attached hydrogens (tertiary/aromatic N) is 3. The molecular weight excluding hydrogens is 260 g/mol. The average Bonchev–Trinajstić information content (AvgIpc) is 2.87. The van der Waals surface area contributed by atoms with Gasteiger partial charge < -0.3 is 14.8 Å². The summed E-state index contributed by atoms with van der Waals surface area (Å²) in [6, 6.07) is 8.70. The molecule has 2 aromatic rings. The van der Waals surface area contributed by atoms with Crippen molar-refractivity contribution in [2.45, 2.75) is 32.7 Å². The van der Waals surface area contributed by atoms with Crippen molar-refractivity contribution in [2.75, 3.05) is 25.5 Å². The van der Waals surface area contributed by atoms with E-state index in [1.165, 1.54) is 28.6 Å². The lowest BCUT2D eigenvalue weighted by Gasteiger charge is -2.19. The maximum atomic E-state index is 4.89. The third-order valence-electron chi connectivity index (χ3n) is 4.03. The summed E-state index contributed by atoms with van der Waals surface area (Å²) in [5.41, 5.74) is 5.02. The van der Waals surface area contributed by atoms with Crippen molar-refractivity contribution >= 4 is 5.69 Å². The predicted molar refractivity (Wildman–Crippen MR) is 87.4 cm³/mol. The molecule has 3 rings (SSSR count). The van der Waals surface area contributed by atoms with Gasteiger partial charge in [0.15, 0.2) is 0 Å². The second-order valence-corrected chi connectivity index (χ2v) is 6.19. The van der Waals surface area contributed by atoms with Crippen LogP contribution in [0.15, 0.2) is 24.3 Å². The molecule has 1 aliphatic rings. The van der Waals surface area contributed by atoms with Gasteiger partial charge >= 0.3 is 0 Å². The Labute approximate surface area is 126 Å². The smallest absolute Gasteiger partial charge is 0.116 e. The van der Waals surface area contributed by atoms with Gasteiger partial charge in [-0.05, 0) is 18.2 Å². The van der Waals surface area contributed by atoms with Crippen LogP contribution in [0.1, 0.15) is 37.0 Å². The van der Waals surface area contributed by atoms with Gasteiger partial charge in [0.2, 0.25) is 0 Å². The second-order valence-electron chi connectivity index (χ2n) is 6.19. The van der Waals surface area contributed by atoms with E-state index in [9.17, 15) is 0 Å². The summed E-state index contributed by atoms with van der Waals surface area (Å²) in [5.74, 6) is 1.58. The molecule has 0 saturated heterocycles. The first-order valence-electron chi connectivity index (χ1n) is 7.67. The number of rotatable bonds is 3. The number of benzene rings is 1. The number of fused-ring (bicyclic) bond motifs is 1. The van der Waals surface area contributed by atoms with Gasteiger partial charge in [-0.1, -0.05) is 19.9 Å². The van der Waals surface area contributed by atoms with Crippen LogP contribution in [-0.4, -0.2) is 30.2 Å². The van der Waals surface area contributed by atoms with Crippen LogP contribution in [0.2, 0.25) is 0 Å². The highest BCUT2D eigenvalue weighted by atomic mass is 15.1. The summed E-state index contributed by atoms with van der Waals surface area (Å²) in [4.78, 5) is 7.03. The summed E-state index contributed by atoms with van der Waals surface area (Å²) in [6.45, 7) is 6.35. The van der Waals surface area contributed by atoms with E-state index in [0.29, 0.717) is 5.92 Å². The Balaban J connectivity index is 2.16. The fraction of sp³-hybridized carbons (Fsp3) is 0.471. The number of anilines is 1. The number of imidazole rings is 1. The van der Waals surface area contributed by atoms with Crippen LogP contribution in [0.4, 0.5) is 5.69 Å². The molecule has 0 amide bonds. The first-order valence-corrected chi connectivity index (χ1v) is 7.67. The third-order valence-corrected chi connectivity index (χ3v) is 4.03. The van der Waals surface area contributed by atoms with Crippen LogP contribution in [0.5, 0.6) is 0 Å². The molecule has 1 aliphatic heterocycles. The van der Waals surface area contributed by atoms with Crippen LogP contribution in [0.25, 0.3) is 5.69 Å². The van der Waals surface area contributed by atoms with E-state index in [1.54, 1.807) is 0 Å². The van der Waals surface area contributed by atoms with Crippen LogP contribution in [0.3, 0.4) is 0 Å². The van der Waals surface area contributed by atoms with Gasteiger partial charge in [-0.2, -0.15) is 0 Å². The molecule has 0 unspecified atom stereocenters. The monoisotopic (exact) mass is 284 g/mol. The third kappa shape index (κ3) is 2.56. The second kappa shape index (κ2) is 5.53. The van der Waals surface area contributed by atoms with Crippen LogP contribution < -0.4 is 10.2 Å². The average molecular weight is 284 g/mol. The molecule has 1 aromatic carbocycles. The SMILES string of the molecule is CC(C)c1nc2c(n1-c1cccc(N(C)C)c1)CCNC2. The van der Waals surface area contributed by atoms with Crippen molar-refractivity contribution in [3.63, 3.8) is 0 Å². The van der Waals surface area contributed by atoms with Crippen molar-refractivity contribution in [1.29, 1.82) is 0 Å². The van der Waals surface area contributed by atoms with Crippen LogP contribution in [-0.2, 0) is 13.0 Å². The van der Waals surface area contributed by atoms with E-state index in [1.807, 2.05) is 0 Å². The number of hydrogen-bond donors (Lipinski definition) is 1. The van der Waals surface area contributed by atoms with E-state index in [0.717, 1.165) is 19.5 Å². The molecule has 0 atom stereocenters. The highest BCUT2D eigenvalue weighted by molar-refractivity contribution is 5.53. The standard InChI is InChI=1S/C17H24N4/c1-12(2)17-19-15-11-18-9-8-16(15)21(17)14-7-5-6-13(10-14)20(3)4/h5-7,10,12,18H,8-9,11H2,1-4H3. The summed E-state index contributed by atoms with van der Waals surface area (Å²) in [6.07, 6.45) is 1.04. The Morgan fingerprint density at radius 3 is 2.81 bits per heavy atom. The molecule has 0 bridgehead atoms. The lowest BCUT2D eigenvalue weighted by Crippen LogP contribution is -2.24. The molecule has 0 fully saturated rings. The van der Waals surface area contributed by atoms with Gasteiger partial charge in [0.1, 0.15) is 5.82 Å². The van der Waals surface area contributed by atoms with Crippen molar-refractivity contribution in [2.24, 2.45) is 0 Å². The number of aromatic nitrogens is 2. The Morgan fingerprint density at radius 2 is 2.10 bits per heavy atom. The zero-order chi connectivity index (χ0) is 15.0. The first kappa shape index (κ1) is 14.1. The molecule has 1 N–H and O–H groups in total. The van der Waals surface area contributed by atoms with Gasteiger partial charge in [-0.25, -0.2) is 4.98 Å². The van der Waals surface area contributed by atoms with Gasteiger partial charge in [0, 0.05) is 56.6 Å². The molecular formula is C17H24N4. The summed E-state index contributed by atoms with van der Waals surface area (Å²) in [5, 5.41) is 3.42. The molecule has 0 radical (unpaired) electrons. The van der Waals surface area contributed by atoms with E-state index in [2.05, 4.69) is 67.0 Å². The molecule has 112 valence electrons. The Morgan fingerprint density at radius 1 is 1.29 bits per heavy atom. The Hall–Kier alpha value is -1.81. The van der Waals surface area contributed by atoms with E-state index < -0.39 is 0 Å². The summed E-state index contributed by atoms with van der Waals surface area (Å²) in [7, 11) is 4.16. The lowest BCUT2D eigenvalue weighted by molar-refractivity contribution is 0.619. The lowest BCUT2D eigenvalue weighted by atomic mass is 10.1. The molecule has 0 spiro atoms. The largest absolute Gasteiger partial charge is 0.378 e. The zero-order valence-corrected chi connectivity index (χ0v) is 13.3. The van der Waals surface area contributed by atoms with Crippen molar-refractivity contribution in [3.8, 4) is 5.69 Å². The van der Waals surface area contributed by atoms with Gasteiger partial charge in [0.25, 0.3) is 0 Å². The molecule has 21 heavy (non-hydrogen) atoms. The van der Waals surface area contributed by atoms with E-state index in [-0.39, 0.29) is 0 Å². The topological polar surface area (TPSA) is 33.1 Å². The Bertz CT molecular complexity index is 640. The zero-order valence-electron chi connectivity index (χ0n) is 13.3. The quantitative estimate of drug-likeness (QED) is 0.941. The van der Waals surface area contributed by atoms with Crippen molar-refractivity contribution < 1.29 is 0 Å². The highest BCUT2D eigenvalue weighted by Gasteiger charge is 2.22. The highest BCUT2D eigenvalue weighted by Crippen LogP contribution is 2.27. The minimum absolute atomic E-state index is 0.415. The van der Waals surface area contributed by atoms with Crippen molar-refractivity contribution in [1.82, 2.24) is 14.9 Å².